The molecule has 180 valence electrons. The lowest BCUT2D eigenvalue weighted by molar-refractivity contribution is 0.677. The third-order valence-electron chi connectivity index (χ3n) is 4.51. The van der Waals surface area contributed by atoms with E-state index in [2.05, 4.69) is 58.4 Å². The van der Waals surface area contributed by atoms with E-state index in [1.807, 2.05) is 36.8 Å². The molecule has 0 spiro atoms. The number of benzene rings is 2. The van der Waals surface area contributed by atoms with Crippen LogP contribution in [0, 0.1) is 5.41 Å². The lowest BCUT2D eigenvalue weighted by Gasteiger charge is -2.20. The number of hydrogen-bond acceptors (Lipinski definition) is 6. The molecule has 0 radical (unpaired) electrons. The quantitative estimate of drug-likeness (QED) is 0.135. The number of nitrogens with one attached hydrogen (secondary N) is 3. The number of hydrogen-bond donors (Lipinski definition) is 6. The molecule has 0 aliphatic heterocycles. The molecule has 0 aliphatic rings. The molecule has 2 heterocycles. The minimum Gasteiger partial charge on any atom is -0.369 e. The zero-order valence-electron chi connectivity index (χ0n) is 18.8. The number of aromatic amines is 1. The number of halogens is 1. The van der Waals surface area contributed by atoms with E-state index in [9.17, 15) is 0 Å². The Hall–Kier alpha value is -4.71. The van der Waals surface area contributed by atoms with Crippen LogP contribution in [0.3, 0.4) is 0 Å². The van der Waals surface area contributed by atoms with Gasteiger partial charge in [0, 0.05) is 17.4 Å². The van der Waals surface area contributed by atoms with E-state index in [1.165, 1.54) is 6.21 Å². The van der Waals surface area contributed by atoms with Crippen molar-refractivity contribution in [1.82, 2.24) is 24.9 Å². The second kappa shape index (κ2) is 12.0. The fourth-order valence-electron chi connectivity index (χ4n) is 3.12. The summed E-state index contributed by atoms with van der Waals surface area (Å²) in [5.74, 6) is -0.391. The lowest BCUT2D eigenvalue weighted by Crippen LogP contribution is -2.25. The van der Waals surface area contributed by atoms with Crippen molar-refractivity contribution < 1.29 is 0 Å². The second-order valence-corrected chi connectivity index (χ2v) is 7.63. The third kappa shape index (κ3) is 7.40. The standard InChI is InChI=1S/C17H13ClN4.C5H12N8/c18-14-3-1-2-12(8-14)17(22-7-6-19-11-22)13-4-5-15-16(9-13)21-10-20-15;1-3(11-13-5(8)9)2-10-12-4(6)7/h1-11,17H,(H,20,21);2H,1H3,(H4,6,7,12)(H4,8,9,13)/b;10-2+,11-3+. The largest absolute Gasteiger partial charge is 0.369 e. The Morgan fingerprint density at radius 2 is 1.97 bits per heavy atom. The van der Waals surface area contributed by atoms with Crippen LogP contribution in [0.2, 0.25) is 5.02 Å². The summed E-state index contributed by atoms with van der Waals surface area (Å²) in [6, 6.07) is 14.2. The van der Waals surface area contributed by atoms with Crippen molar-refractivity contribution in [2.75, 3.05) is 0 Å². The predicted molar refractivity (Wildman–Crippen MR) is 139 cm³/mol. The monoisotopic (exact) mass is 492 g/mol. The van der Waals surface area contributed by atoms with E-state index < -0.39 is 0 Å². The van der Waals surface area contributed by atoms with Crippen LogP contribution in [0.4, 0.5) is 0 Å². The molecular formula is C22H25ClN12. The van der Waals surface area contributed by atoms with Gasteiger partial charge in [0.25, 0.3) is 0 Å². The first-order valence-corrected chi connectivity index (χ1v) is 10.6. The topological polar surface area (TPSA) is 198 Å². The number of imidazole rings is 2. The average molecular weight is 493 g/mol. The highest BCUT2D eigenvalue weighted by molar-refractivity contribution is 6.30. The summed E-state index contributed by atoms with van der Waals surface area (Å²) in [6.07, 6.45) is 8.60. The SMILES string of the molecule is CC(/C=N/NC(=N)N)=N\N=C(N)N.Clc1cccc(C(c2ccc3nc[nH]c3c2)n2ccnc2)c1. The number of H-pyrrole nitrogens is 1. The molecule has 4 aromatic rings. The van der Waals surface area contributed by atoms with Crippen LogP contribution in [0.1, 0.15) is 24.1 Å². The van der Waals surface area contributed by atoms with Gasteiger partial charge >= 0.3 is 0 Å². The van der Waals surface area contributed by atoms with Gasteiger partial charge in [0.15, 0.2) is 0 Å². The van der Waals surface area contributed by atoms with Crippen molar-refractivity contribution in [2.24, 2.45) is 32.5 Å². The van der Waals surface area contributed by atoms with Gasteiger partial charge in [-0.25, -0.2) is 15.4 Å². The van der Waals surface area contributed by atoms with Crippen molar-refractivity contribution in [3.05, 3.63) is 83.7 Å². The molecule has 4 rings (SSSR count). The molecule has 13 heteroatoms. The number of guanidine groups is 2. The predicted octanol–water partition coefficient (Wildman–Crippen LogP) is 2.16. The summed E-state index contributed by atoms with van der Waals surface area (Å²) in [5, 5.41) is 18.0. The van der Waals surface area contributed by atoms with E-state index in [-0.39, 0.29) is 18.0 Å². The Morgan fingerprint density at radius 3 is 2.66 bits per heavy atom. The van der Waals surface area contributed by atoms with Crippen LogP contribution in [-0.4, -0.2) is 43.4 Å². The molecular weight excluding hydrogens is 468 g/mol. The number of aromatic nitrogens is 4. The minimum atomic E-state index is -0.258. The molecule has 35 heavy (non-hydrogen) atoms. The van der Waals surface area contributed by atoms with Gasteiger partial charge < -0.3 is 26.8 Å². The second-order valence-electron chi connectivity index (χ2n) is 7.20. The summed E-state index contributed by atoms with van der Waals surface area (Å²) in [5.41, 5.74) is 21.9. The van der Waals surface area contributed by atoms with Crippen LogP contribution in [-0.2, 0) is 0 Å². The highest BCUT2D eigenvalue weighted by Gasteiger charge is 2.17. The maximum atomic E-state index is 6.75. The highest BCUT2D eigenvalue weighted by Crippen LogP contribution is 2.29. The van der Waals surface area contributed by atoms with Crippen molar-refractivity contribution in [2.45, 2.75) is 13.0 Å². The molecule has 2 aromatic carbocycles. The van der Waals surface area contributed by atoms with Gasteiger partial charge in [0.2, 0.25) is 11.9 Å². The highest BCUT2D eigenvalue weighted by atomic mass is 35.5. The maximum absolute atomic E-state index is 6.75. The van der Waals surface area contributed by atoms with E-state index >= 15 is 0 Å². The number of rotatable bonds is 6. The smallest absolute Gasteiger partial charge is 0.211 e. The van der Waals surface area contributed by atoms with Gasteiger partial charge in [0.1, 0.15) is 0 Å². The first-order chi connectivity index (χ1) is 16.8. The Morgan fingerprint density at radius 1 is 1.17 bits per heavy atom. The number of nitrogens with two attached hydrogens (primary N) is 3. The van der Waals surface area contributed by atoms with E-state index in [1.54, 1.807) is 19.4 Å². The van der Waals surface area contributed by atoms with Crippen molar-refractivity contribution in [3.8, 4) is 0 Å². The Labute approximate surface area is 206 Å². The van der Waals surface area contributed by atoms with Gasteiger partial charge in [-0.05, 0) is 42.3 Å². The zero-order valence-corrected chi connectivity index (χ0v) is 19.6. The number of hydrazone groups is 1. The van der Waals surface area contributed by atoms with E-state index in [0.717, 1.165) is 27.2 Å². The Bertz CT molecular complexity index is 1350. The van der Waals surface area contributed by atoms with E-state index in [4.69, 9.17) is 34.2 Å². The summed E-state index contributed by atoms with van der Waals surface area (Å²) >= 11 is 6.17. The molecule has 0 aliphatic carbocycles. The zero-order chi connectivity index (χ0) is 25.2. The van der Waals surface area contributed by atoms with Crippen molar-refractivity contribution in [1.29, 1.82) is 5.41 Å². The van der Waals surface area contributed by atoms with Gasteiger partial charge in [-0.3, -0.25) is 5.41 Å². The van der Waals surface area contributed by atoms with Gasteiger partial charge in [-0.1, -0.05) is 29.8 Å². The average Bonchev–Trinajstić information content (AvgIpc) is 3.50. The van der Waals surface area contributed by atoms with Crippen LogP contribution >= 0.6 is 11.6 Å². The first-order valence-electron chi connectivity index (χ1n) is 10.3. The molecule has 2 aromatic heterocycles. The summed E-state index contributed by atoms with van der Waals surface area (Å²) in [7, 11) is 0. The number of nitrogens with zero attached hydrogens (tertiary/aromatic N) is 6. The van der Waals surface area contributed by atoms with Crippen molar-refractivity contribution in [3.63, 3.8) is 0 Å². The van der Waals surface area contributed by atoms with Gasteiger partial charge in [-0.15, -0.1) is 5.10 Å². The molecule has 0 fully saturated rings. The molecule has 1 atom stereocenters. The summed E-state index contributed by atoms with van der Waals surface area (Å²) in [4.78, 5) is 11.6. The molecule has 1 unspecified atom stereocenters. The molecule has 0 saturated heterocycles. The van der Waals surface area contributed by atoms with Gasteiger partial charge in [-0.2, -0.15) is 10.2 Å². The van der Waals surface area contributed by atoms with Crippen LogP contribution in [0.25, 0.3) is 11.0 Å². The Balaban J connectivity index is 0.000000228. The molecule has 0 saturated carbocycles. The number of fused-ring (bicyclic) bond motifs is 1. The fourth-order valence-corrected chi connectivity index (χ4v) is 3.32. The van der Waals surface area contributed by atoms with Crippen molar-refractivity contribution >= 4 is 46.5 Å². The summed E-state index contributed by atoms with van der Waals surface area (Å²) < 4.78 is 2.07. The lowest BCUT2D eigenvalue weighted by atomic mass is 9.98. The Kier molecular flexibility index (Phi) is 8.51. The third-order valence-corrected chi connectivity index (χ3v) is 4.74. The summed E-state index contributed by atoms with van der Waals surface area (Å²) in [6.45, 7) is 1.64. The maximum Gasteiger partial charge on any atom is 0.211 e. The molecule has 0 bridgehead atoms. The van der Waals surface area contributed by atoms with Crippen LogP contribution < -0.4 is 22.6 Å². The molecule has 12 nitrogen and oxygen atoms in total. The first kappa shape index (κ1) is 24.9. The van der Waals surface area contributed by atoms with E-state index in [0.29, 0.717) is 5.71 Å². The molecule has 9 N–H and O–H groups in total. The fraction of sp³-hybridized carbons (Fsp3) is 0.0909. The molecule has 0 amide bonds. The minimum absolute atomic E-state index is 0.0221. The van der Waals surface area contributed by atoms with Crippen LogP contribution in [0.5, 0.6) is 0 Å². The normalized spacial score (nSPS) is 12.1. The van der Waals surface area contributed by atoms with Crippen LogP contribution in [0.15, 0.2) is 82.8 Å². The van der Waals surface area contributed by atoms with Gasteiger partial charge in [0.05, 0.1) is 41.7 Å².